The van der Waals surface area contributed by atoms with Gasteiger partial charge < -0.3 is 0 Å². The summed E-state index contributed by atoms with van der Waals surface area (Å²) < 4.78 is 79.3. The Morgan fingerprint density at radius 2 is 1.69 bits per heavy atom. The minimum atomic E-state index is -4.67. The summed E-state index contributed by atoms with van der Waals surface area (Å²) >= 11 is 3.89. The predicted molar refractivity (Wildman–Crippen MR) is 103 cm³/mol. The van der Waals surface area contributed by atoms with Gasteiger partial charge in [-0.1, -0.05) is 24.3 Å². The normalized spacial score (nSPS) is 12.4. The fourth-order valence-corrected chi connectivity index (χ4v) is 3.88. The first kappa shape index (κ1) is 21.8. The number of aromatic nitrogens is 2. The number of hydrogen-bond acceptors (Lipinski definition) is 2. The lowest BCUT2D eigenvalue weighted by atomic mass is 10.1. The van der Waals surface area contributed by atoms with Gasteiger partial charge in [-0.15, -0.1) is 11.8 Å². The molecule has 3 aromatic rings. The van der Waals surface area contributed by atoms with Crippen LogP contribution in [-0.2, 0) is 6.18 Å². The first-order valence-electron chi connectivity index (χ1n) is 8.18. The van der Waals surface area contributed by atoms with Gasteiger partial charge in [0, 0.05) is 14.9 Å². The van der Waals surface area contributed by atoms with E-state index in [1.54, 1.807) is 43.3 Å². The SMILES string of the molecule is Cc1ccc(-c2cc(C(F)(F)F)nn2-c2ccccc2Br)cc1SCC(F)(F)F. The smallest absolute Gasteiger partial charge is 0.231 e. The van der Waals surface area contributed by atoms with E-state index < -0.39 is 23.8 Å². The predicted octanol–water partition coefficient (Wildman–Crippen LogP) is 7.28. The summed E-state index contributed by atoms with van der Waals surface area (Å²) in [4.78, 5) is 0.341. The molecule has 0 atom stereocenters. The molecule has 2 aromatic carbocycles. The van der Waals surface area contributed by atoms with Gasteiger partial charge in [-0.25, -0.2) is 4.68 Å². The number of alkyl halides is 6. The first-order valence-corrected chi connectivity index (χ1v) is 9.96. The lowest BCUT2D eigenvalue weighted by Gasteiger charge is -2.12. The number of para-hydroxylation sites is 1. The lowest BCUT2D eigenvalue weighted by molar-refractivity contribution is -0.141. The zero-order chi connectivity index (χ0) is 21.4. The molecule has 0 saturated heterocycles. The third-order valence-corrected chi connectivity index (χ3v) is 5.85. The molecular weight excluding hydrogens is 482 g/mol. The van der Waals surface area contributed by atoms with Crippen LogP contribution in [0, 0.1) is 6.92 Å². The molecule has 1 aromatic heterocycles. The van der Waals surface area contributed by atoms with Crippen molar-refractivity contribution in [3.63, 3.8) is 0 Å². The molecule has 3 rings (SSSR count). The highest BCUT2D eigenvalue weighted by molar-refractivity contribution is 9.10. The third kappa shape index (κ3) is 5.16. The van der Waals surface area contributed by atoms with E-state index in [1.165, 1.54) is 6.07 Å². The number of halogens is 7. The maximum Gasteiger partial charge on any atom is 0.435 e. The van der Waals surface area contributed by atoms with Crippen LogP contribution in [0.2, 0.25) is 0 Å². The highest BCUT2D eigenvalue weighted by Gasteiger charge is 2.35. The molecule has 0 unspecified atom stereocenters. The number of benzene rings is 2. The standard InChI is InChI=1S/C19H13BrF6N2S/c1-11-6-7-12(8-16(11)29-10-18(21,22)23)15-9-17(19(24,25)26)27-28(15)14-5-3-2-4-13(14)20/h2-9H,10H2,1H3. The van der Waals surface area contributed by atoms with Crippen molar-refractivity contribution in [1.29, 1.82) is 0 Å². The molecule has 10 heteroatoms. The number of aryl methyl sites for hydroxylation is 1. The van der Waals surface area contributed by atoms with E-state index in [0.717, 1.165) is 10.7 Å². The van der Waals surface area contributed by atoms with E-state index in [1.807, 2.05) is 0 Å². The molecule has 29 heavy (non-hydrogen) atoms. The van der Waals surface area contributed by atoms with Crippen LogP contribution >= 0.6 is 27.7 Å². The zero-order valence-electron chi connectivity index (χ0n) is 14.8. The Morgan fingerprint density at radius 3 is 2.31 bits per heavy atom. The van der Waals surface area contributed by atoms with Crippen molar-refractivity contribution >= 4 is 27.7 Å². The van der Waals surface area contributed by atoms with Crippen molar-refractivity contribution in [3.05, 3.63) is 64.3 Å². The second kappa shape index (κ2) is 8.06. The molecule has 0 N–H and O–H groups in total. The first-order chi connectivity index (χ1) is 13.5. The van der Waals surface area contributed by atoms with E-state index in [-0.39, 0.29) is 5.69 Å². The van der Waals surface area contributed by atoms with Gasteiger partial charge in [0.15, 0.2) is 5.69 Å². The largest absolute Gasteiger partial charge is 0.435 e. The van der Waals surface area contributed by atoms with Crippen LogP contribution in [0.1, 0.15) is 11.3 Å². The van der Waals surface area contributed by atoms with Crippen LogP contribution in [0.3, 0.4) is 0 Å². The Bertz CT molecular complexity index is 1030. The van der Waals surface area contributed by atoms with Crippen molar-refractivity contribution in [2.75, 3.05) is 5.75 Å². The lowest BCUT2D eigenvalue weighted by Crippen LogP contribution is -2.10. The summed E-state index contributed by atoms with van der Waals surface area (Å²) in [6.45, 7) is 1.65. The number of rotatable bonds is 4. The van der Waals surface area contributed by atoms with Crippen molar-refractivity contribution in [3.8, 4) is 16.9 Å². The van der Waals surface area contributed by atoms with Gasteiger partial charge in [0.1, 0.15) is 0 Å². The molecule has 2 nitrogen and oxygen atoms in total. The number of thioether (sulfide) groups is 1. The maximum atomic E-state index is 13.3. The molecule has 0 fully saturated rings. The van der Waals surface area contributed by atoms with Crippen LogP contribution in [0.4, 0.5) is 26.3 Å². The van der Waals surface area contributed by atoms with Crippen molar-refractivity contribution in [2.45, 2.75) is 24.2 Å². The Labute approximate surface area is 175 Å². The fraction of sp³-hybridized carbons (Fsp3) is 0.211. The second-order valence-electron chi connectivity index (χ2n) is 6.16. The van der Waals surface area contributed by atoms with Crippen molar-refractivity contribution in [2.24, 2.45) is 0 Å². The molecule has 1 heterocycles. The molecule has 0 amide bonds. The molecule has 0 spiro atoms. The summed E-state index contributed by atoms with van der Waals surface area (Å²) in [5.74, 6) is -1.09. The Kier molecular flexibility index (Phi) is 6.05. The van der Waals surface area contributed by atoms with E-state index in [2.05, 4.69) is 21.0 Å². The van der Waals surface area contributed by atoms with E-state index in [0.29, 0.717) is 37.9 Å². The molecule has 154 valence electrons. The molecule has 0 aliphatic carbocycles. The van der Waals surface area contributed by atoms with Gasteiger partial charge in [-0.3, -0.25) is 0 Å². The monoisotopic (exact) mass is 494 g/mol. The second-order valence-corrected chi connectivity index (χ2v) is 8.03. The Morgan fingerprint density at radius 1 is 1.00 bits per heavy atom. The Balaban J connectivity index is 2.13. The quantitative estimate of drug-likeness (QED) is 0.280. The molecule has 0 aliphatic rings. The van der Waals surface area contributed by atoms with Crippen molar-refractivity contribution in [1.82, 2.24) is 9.78 Å². The molecule has 0 saturated carbocycles. The van der Waals surface area contributed by atoms with Crippen LogP contribution in [-0.4, -0.2) is 21.7 Å². The third-order valence-electron chi connectivity index (χ3n) is 3.96. The zero-order valence-corrected chi connectivity index (χ0v) is 17.2. The van der Waals surface area contributed by atoms with Crippen LogP contribution < -0.4 is 0 Å². The summed E-state index contributed by atoms with van der Waals surface area (Å²) in [5.41, 5.74) is 0.347. The Hall–Kier alpha value is -1.94. The average molecular weight is 495 g/mol. The van der Waals surface area contributed by atoms with Gasteiger partial charge in [0.2, 0.25) is 0 Å². The summed E-state index contributed by atoms with van der Waals surface area (Å²) in [6.07, 6.45) is -9.02. The van der Waals surface area contributed by atoms with Crippen LogP contribution in [0.15, 0.2) is 57.9 Å². The molecular formula is C19H13BrF6N2S. The molecule has 0 aliphatic heterocycles. The molecule has 0 radical (unpaired) electrons. The van der Waals surface area contributed by atoms with E-state index in [9.17, 15) is 26.3 Å². The molecule has 0 bridgehead atoms. The van der Waals surface area contributed by atoms with Gasteiger partial charge in [0.05, 0.1) is 17.1 Å². The van der Waals surface area contributed by atoms with Crippen LogP contribution in [0.5, 0.6) is 0 Å². The topological polar surface area (TPSA) is 17.8 Å². The minimum Gasteiger partial charge on any atom is -0.231 e. The van der Waals surface area contributed by atoms with Gasteiger partial charge >= 0.3 is 12.4 Å². The summed E-state index contributed by atoms with van der Waals surface area (Å²) in [5, 5.41) is 3.70. The summed E-state index contributed by atoms with van der Waals surface area (Å²) in [7, 11) is 0. The summed E-state index contributed by atoms with van der Waals surface area (Å²) in [6, 6.07) is 12.1. The highest BCUT2D eigenvalue weighted by atomic mass is 79.9. The average Bonchev–Trinajstić information content (AvgIpc) is 3.06. The fourth-order valence-electron chi connectivity index (χ4n) is 2.61. The highest BCUT2D eigenvalue weighted by Crippen LogP contribution is 2.37. The van der Waals surface area contributed by atoms with Crippen molar-refractivity contribution < 1.29 is 26.3 Å². The van der Waals surface area contributed by atoms with Gasteiger partial charge in [-0.05, 0) is 52.7 Å². The minimum absolute atomic E-state index is 0.123. The van der Waals surface area contributed by atoms with Gasteiger partial charge in [-0.2, -0.15) is 31.4 Å². The maximum absolute atomic E-state index is 13.3. The van der Waals surface area contributed by atoms with E-state index in [4.69, 9.17) is 0 Å². The van der Waals surface area contributed by atoms with E-state index >= 15 is 0 Å². The number of hydrogen-bond donors (Lipinski definition) is 0. The number of nitrogens with zero attached hydrogens (tertiary/aromatic N) is 2. The van der Waals surface area contributed by atoms with Gasteiger partial charge in [0.25, 0.3) is 0 Å². The van der Waals surface area contributed by atoms with Crippen LogP contribution in [0.25, 0.3) is 16.9 Å².